The van der Waals surface area contributed by atoms with Gasteiger partial charge in [0.1, 0.15) is 28.8 Å². The van der Waals surface area contributed by atoms with E-state index in [0.717, 1.165) is 11.5 Å². The van der Waals surface area contributed by atoms with Crippen LogP contribution in [-0.2, 0) is 11.5 Å². The lowest BCUT2D eigenvalue weighted by Crippen LogP contribution is -2.31. The van der Waals surface area contributed by atoms with E-state index in [9.17, 15) is 15.3 Å². The third-order valence-corrected chi connectivity index (χ3v) is 4.76. The summed E-state index contributed by atoms with van der Waals surface area (Å²) in [5.41, 5.74) is 1.44. The maximum Gasteiger partial charge on any atom is 0.207 e. The summed E-state index contributed by atoms with van der Waals surface area (Å²) in [4.78, 5) is 1.61. The van der Waals surface area contributed by atoms with E-state index in [0.29, 0.717) is 34.8 Å². The number of aliphatic hydroxyl groups is 2. The SMILES string of the molecule is Cc1ccc(/C=C2/C([O])=C3C=C(Cc4ccc(C)o4)C(O)=CN3C2CO)o1. The van der Waals surface area contributed by atoms with Crippen molar-refractivity contribution in [2.24, 2.45) is 0 Å². The Hall–Kier alpha value is -3.12. The molecule has 0 saturated carbocycles. The Bertz CT molecular complexity index is 1000. The van der Waals surface area contributed by atoms with Crippen molar-refractivity contribution in [2.45, 2.75) is 26.3 Å². The van der Waals surface area contributed by atoms with E-state index in [1.165, 1.54) is 6.20 Å². The zero-order valence-electron chi connectivity index (χ0n) is 15.1. The number of nitrogens with zero attached hydrogens (tertiary/aromatic N) is 1. The van der Waals surface area contributed by atoms with Crippen LogP contribution in [0, 0.1) is 13.8 Å². The van der Waals surface area contributed by atoms with Crippen LogP contribution in [0.1, 0.15) is 23.0 Å². The van der Waals surface area contributed by atoms with Crippen LogP contribution in [0.15, 0.2) is 73.7 Å². The monoisotopic (exact) mass is 366 g/mol. The minimum atomic E-state index is -0.566. The minimum absolute atomic E-state index is 0.0501. The first-order chi connectivity index (χ1) is 13.0. The molecule has 2 aromatic rings. The summed E-state index contributed by atoms with van der Waals surface area (Å²) in [7, 11) is 0. The maximum absolute atomic E-state index is 13.0. The van der Waals surface area contributed by atoms with Crippen LogP contribution in [0.5, 0.6) is 0 Å². The highest BCUT2D eigenvalue weighted by atomic mass is 16.3. The van der Waals surface area contributed by atoms with Gasteiger partial charge < -0.3 is 23.9 Å². The van der Waals surface area contributed by atoms with Gasteiger partial charge >= 0.3 is 0 Å². The second kappa shape index (κ2) is 6.55. The average Bonchev–Trinajstić information content (AvgIpc) is 3.29. The number of hydrogen-bond acceptors (Lipinski definition) is 5. The van der Waals surface area contributed by atoms with Crippen molar-refractivity contribution < 1.29 is 24.2 Å². The molecule has 2 aliphatic rings. The predicted molar refractivity (Wildman–Crippen MR) is 97.8 cm³/mol. The van der Waals surface area contributed by atoms with Crippen LogP contribution in [0.25, 0.3) is 6.08 Å². The molecule has 0 bridgehead atoms. The summed E-state index contributed by atoms with van der Waals surface area (Å²) in [6.45, 7) is 3.42. The van der Waals surface area contributed by atoms with E-state index in [-0.39, 0.29) is 18.1 Å². The van der Waals surface area contributed by atoms with E-state index >= 15 is 0 Å². The molecule has 4 heterocycles. The summed E-state index contributed by atoms with van der Waals surface area (Å²) in [6, 6.07) is 6.73. The molecule has 4 rings (SSSR count). The Morgan fingerprint density at radius 3 is 2.52 bits per heavy atom. The van der Waals surface area contributed by atoms with Crippen molar-refractivity contribution in [2.75, 3.05) is 6.61 Å². The van der Waals surface area contributed by atoms with Gasteiger partial charge in [0.2, 0.25) is 5.76 Å². The summed E-state index contributed by atoms with van der Waals surface area (Å²) in [5, 5.41) is 33.2. The lowest BCUT2D eigenvalue weighted by Gasteiger charge is -2.27. The molecule has 0 saturated heterocycles. The molecule has 1 unspecified atom stereocenters. The minimum Gasteiger partial charge on any atom is -0.506 e. The van der Waals surface area contributed by atoms with E-state index in [1.54, 1.807) is 23.1 Å². The summed E-state index contributed by atoms with van der Waals surface area (Å²) >= 11 is 0. The molecule has 0 aliphatic carbocycles. The number of allylic oxidation sites excluding steroid dienone is 2. The molecule has 2 N–H and O–H groups in total. The van der Waals surface area contributed by atoms with Crippen LogP contribution < -0.4 is 0 Å². The van der Waals surface area contributed by atoms with Gasteiger partial charge in [0.05, 0.1) is 18.3 Å². The Labute approximate surface area is 156 Å². The molecule has 0 fully saturated rings. The van der Waals surface area contributed by atoms with Gasteiger partial charge in [-0.2, -0.15) is 0 Å². The van der Waals surface area contributed by atoms with Crippen LogP contribution in [-0.4, -0.2) is 27.8 Å². The molecule has 0 aromatic carbocycles. The maximum atomic E-state index is 13.0. The number of hydrogen-bond donors (Lipinski definition) is 2. The third-order valence-electron chi connectivity index (χ3n) is 4.76. The van der Waals surface area contributed by atoms with Gasteiger partial charge in [0.15, 0.2) is 0 Å². The first kappa shape index (κ1) is 17.3. The topological polar surface area (TPSA) is 89.9 Å². The molecule has 1 atom stereocenters. The molecular weight excluding hydrogens is 346 g/mol. The molecule has 6 heteroatoms. The second-order valence-electron chi connectivity index (χ2n) is 6.74. The zero-order chi connectivity index (χ0) is 19.1. The van der Waals surface area contributed by atoms with Crippen molar-refractivity contribution in [3.63, 3.8) is 0 Å². The van der Waals surface area contributed by atoms with Crippen molar-refractivity contribution in [1.82, 2.24) is 4.90 Å². The first-order valence-electron chi connectivity index (χ1n) is 8.72. The summed E-state index contributed by atoms with van der Waals surface area (Å²) < 4.78 is 11.1. The normalized spacial score (nSPS) is 20.9. The van der Waals surface area contributed by atoms with Crippen molar-refractivity contribution in [1.29, 1.82) is 0 Å². The van der Waals surface area contributed by atoms with E-state index < -0.39 is 6.04 Å². The highest BCUT2D eigenvalue weighted by Crippen LogP contribution is 2.39. The Kier molecular flexibility index (Phi) is 4.20. The van der Waals surface area contributed by atoms with Crippen LogP contribution in [0.4, 0.5) is 0 Å². The third kappa shape index (κ3) is 3.08. The van der Waals surface area contributed by atoms with Gasteiger partial charge in [-0.1, -0.05) is 0 Å². The largest absolute Gasteiger partial charge is 0.506 e. The number of fused-ring (bicyclic) bond motifs is 1. The van der Waals surface area contributed by atoms with Crippen molar-refractivity contribution >= 4 is 6.08 Å². The summed E-state index contributed by atoms with van der Waals surface area (Å²) in [6.07, 6.45) is 5.18. The first-order valence-corrected chi connectivity index (χ1v) is 8.72. The van der Waals surface area contributed by atoms with E-state index in [2.05, 4.69) is 0 Å². The van der Waals surface area contributed by atoms with Crippen LogP contribution in [0.2, 0.25) is 0 Å². The molecule has 27 heavy (non-hydrogen) atoms. The zero-order valence-corrected chi connectivity index (χ0v) is 15.1. The fourth-order valence-corrected chi connectivity index (χ4v) is 3.43. The number of rotatable bonds is 4. The average molecular weight is 366 g/mol. The van der Waals surface area contributed by atoms with Gasteiger partial charge in [-0.3, -0.25) is 5.11 Å². The molecule has 2 aliphatic heterocycles. The predicted octanol–water partition coefficient (Wildman–Crippen LogP) is 3.77. The molecular formula is C21H20NO5. The molecule has 0 spiro atoms. The quantitative estimate of drug-likeness (QED) is 0.860. The van der Waals surface area contributed by atoms with Gasteiger partial charge in [-0.05, 0) is 50.3 Å². The molecule has 139 valence electrons. The van der Waals surface area contributed by atoms with E-state index in [4.69, 9.17) is 8.83 Å². The Morgan fingerprint density at radius 2 is 1.89 bits per heavy atom. The van der Waals surface area contributed by atoms with Crippen LogP contribution >= 0.6 is 0 Å². The fraction of sp³-hybridized carbons (Fsp3) is 0.238. The number of aryl methyl sites for hydroxylation is 2. The highest BCUT2D eigenvalue weighted by Gasteiger charge is 2.38. The molecule has 2 aromatic heterocycles. The molecule has 1 radical (unpaired) electrons. The molecule has 0 amide bonds. The van der Waals surface area contributed by atoms with E-state index in [1.807, 2.05) is 32.0 Å². The standard InChI is InChI=1S/C21H20NO5/c1-12-3-5-15(26-12)7-14-8-18-21(25)17(9-16-6-4-13(2)27-16)19(11-23)22(18)10-20(14)24/h3-6,8-10,19,23-24H,7,11H2,1-2H3/b17-9+. The number of aliphatic hydroxyl groups excluding tert-OH is 2. The molecule has 6 nitrogen and oxygen atoms in total. The van der Waals surface area contributed by atoms with Gasteiger partial charge in [-0.15, -0.1) is 0 Å². The lowest BCUT2D eigenvalue weighted by atomic mass is 10.0. The van der Waals surface area contributed by atoms with Crippen molar-refractivity contribution in [3.8, 4) is 0 Å². The van der Waals surface area contributed by atoms with Crippen LogP contribution in [0.3, 0.4) is 0 Å². The smallest absolute Gasteiger partial charge is 0.207 e. The fourth-order valence-electron chi connectivity index (χ4n) is 3.43. The van der Waals surface area contributed by atoms with Crippen molar-refractivity contribution in [3.05, 3.63) is 87.9 Å². The second-order valence-corrected chi connectivity index (χ2v) is 6.74. The highest BCUT2D eigenvalue weighted by molar-refractivity contribution is 5.62. The Morgan fingerprint density at radius 1 is 1.15 bits per heavy atom. The summed E-state index contributed by atoms with van der Waals surface area (Å²) in [5.74, 6) is 2.65. The van der Waals surface area contributed by atoms with Gasteiger partial charge in [0, 0.05) is 23.8 Å². The Balaban J connectivity index is 1.72. The number of furan rings is 2. The van der Waals surface area contributed by atoms with Gasteiger partial charge in [-0.25, -0.2) is 0 Å². The van der Waals surface area contributed by atoms with Gasteiger partial charge in [0.25, 0.3) is 0 Å². The lowest BCUT2D eigenvalue weighted by molar-refractivity contribution is 0.216.